The van der Waals surface area contributed by atoms with Gasteiger partial charge in [0.1, 0.15) is 0 Å². The SMILES string of the molecule is Cc1ccc2c(c1)Oc1c(Cc3cccc(-c4nc(-c5ccccc5)cc(-c5ccccc5)n4)c3)c(C)cc3c4cc(C)ccc4n-2c13. The lowest BCUT2D eigenvalue weighted by Crippen LogP contribution is -2.08. The van der Waals surface area contributed by atoms with Crippen LogP contribution in [0.2, 0.25) is 0 Å². The number of ether oxygens (including phenoxy) is 1. The molecule has 8 aromatic rings. The van der Waals surface area contributed by atoms with Crippen molar-refractivity contribution in [1.29, 1.82) is 0 Å². The molecule has 6 aromatic carbocycles. The van der Waals surface area contributed by atoms with E-state index in [2.05, 4.69) is 122 Å². The van der Waals surface area contributed by atoms with Crippen molar-refractivity contribution >= 4 is 21.8 Å². The molecule has 0 spiro atoms. The number of benzene rings is 6. The Morgan fingerprint density at radius 3 is 1.98 bits per heavy atom. The minimum absolute atomic E-state index is 0.710. The zero-order valence-electron chi connectivity index (χ0n) is 27.2. The molecule has 0 radical (unpaired) electrons. The molecule has 1 aliphatic rings. The fourth-order valence-corrected chi connectivity index (χ4v) is 7.12. The van der Waals surface area contributed by atoms with E-state index >= 15 is 0 Å². The molecule has 0 fully saturated rings. The first-order valence-corrected chi connectivity index (χ1v) is 16.5. The van der Waals surface area contributed by atoms with Gasteiger partial charge in [-0.1, -0.05) is 96.6 Å². The van der Waals surface area contributed by atoms with Crippen molar-refractivity contribution in [1.82, 2.24) is 14.5 Å². The van der Waals surface area contributed by atoms with Crippen molar-refractivity contribution in [2.75, 3.05) is 0 Å². The summed E-state index contributed by atoms with van der Waals surface area (Å²) in [6.07, 6.45) is 0.719. The van der Waals surface area contributed by atoms with Crippen LogP contribution in [0.1, 0.15) is 27.8 Å². The number of fused-ring (bicyclic) bond motifs is 5. The van der Waals surface area contributed by atoms with E-state index in [1.165, 1.54) is 44.1 Å². The Labute approximate surface area is 280 Å². The third kappa shape index (κ3) is 4.68. The lowest BCUT2D eigenvalue weighted by Gasteiger charge is -2.24. The van der Waals surface area contributed by atoms with E-state index in [9.17, 15) is 0 Å². The van der Waals surface area contributed by atoms with Crippen molar-refractivity contribution in [3.05, 3.63) is 161 Å². The average Bonchev–Trinajstić information content (AvgIpc) is 3.44. The van der Waals surface area contributed by atoms with Crippen LogP contribution in [-0.4, -0.2) is 14.5 Å². The van der Waals surface area contributed by atoms with Crippen molar-refractivity contribution in [2.45, 2.75) is 27.2 Å². The minimum atomic E-state index is 0.710. The summed E-state index contributed by atoms with van der Waals surface area (Å²) in [5, 5.41) is 2.48. The van der Waals surface area contributed by atoms with Crippen molar-refractivity contribution in [3.8, 4) is 51.1 Å². The summed E-state index contributed by atoms with van der Waals surface area (Å²) in [6, 6.07) is 47.0. The molecule has 0 unspecified atom stereocenters. The van der Waals surface area contributed by atoms with Gasteiger partial charge in [-0.25, -0.2) is 9.97 Å². The van der Waals surface area contributed by atoms with E-state index in [0.29, 0.717) is 5.82 Å². The number of rotatable bonds is 5. The molecule has 0 amide bonds. The van der Waals surface area contributed by atoms with Crippen molar-refractivity contribution in [3.63, 3.8) is 0 Å². The van der Waals surface area contributed by atoms with E-state index in [1.54, 1.807) is 0 Å². The second-order valence-corrected chi connectivity index (χ2v) is 12.9. The second kappa shape index (κ2) is 11.1. The standard InChI is InChI=1S/C44H33N3O/c1-27-17-19-39-35(21-27)36-23-29(3)34(43-42(36)47(39)40-20-18-28(2)22-41(40)48-43)25-30-11-10-16-33(24-30)44-45-37(31-12-6-4-7-13-31)26-38(46-44)32-14-8-5-9-15-32/h4-24,26H,25H2,1-3H3. The number of hydrogen-bond donors (Lipinski definition) is 0. The van der Waals surface area contributed by atoms with Crippen LogP contribution in [0, 0.1) is 20.8 Å². The number of aryl methyl sites for hydroxylation is 3. The normalized spacial score (nSPS) is 11.9. The molecular weight excluding hydrogens is 587 g/mol. The number of hydrogen-bond acceptors (Lipinski definition) is 3. The largest absolute Gasteiger partial charge is 0.453 e. The highest BCUT2D eigenvalue weighted by Crippen LogP contribution is 2.48. The van der Waals surface area contributed by atoms with E-state index < -0.39 is 0 Å². The van der Waals surface area contributed by atoms with E-state index in [4.69, 9.17) is 14.7 Å². The summed E-state index contributed by atoms with van der Waals surface area (Å²) < 4.78 is 9.27. The van der Waals surface area contributed by atoms with Gasteiger partial charge in [0.05, 0.1) is 28.1 Å². The van der Waals surface area contributed by atoms with Gasteiger partial charge >= 0.3 is 0 Å². The first-order chi connectivity index (χ1) is 23.5. The highest BCUT2D eigenvalue weighted by Gasteiger charge is 2.27. The number of nitrogens with zero attached hydrogens (tertiary/aromatic N) is 3. The monoisotopic (exact) mass is 619 g/mol. The molecule has 1 aliphatic heterocycles. The molecule has 4 heteroatoms. The fourth-order valence-electron chi connectivity index (χ4n) is 7.12. The van der Waals surface area contributed by atoms with Crippen LogP contribution in [-0.2, 0) is 6.42 Å². The van der Waals surface area contributed by atoms with Crippen LogP contribution in [0.4, 0.5) is 0 Å². The molecule has 0 aliphatic carbocycles. The third-order valence-corrected chi connectivity index (χ3v) is 9.49. The molecule has 230 valence electrons. The summed E-state index contributed by atoms with van der Waals surface area (Å²) in [7, 11) is 0. The Morgan fingerprint density at radius 2 is 1.25 bits per heavy atom. The van der Waals surface area contributed by atoms with Gasteiger partial charge < -0.3 is 9.30 Å². The molecular formula is C44H33N3O. The van der Waals surface area contributed by atoms with Crippen LogP contribution in [0.5, 0.6) is 11.5 Å². The van der Waals surface area contributed by atoms with Gasteiger partial charge in [0.2, 0.25) is 0 Å². The summed E-state index contributed by atoms with van der Waals surface area (Å²) in [5.41, 5.74) is 14.4. The highest BCUT2D eigenvalue weighted by atomic mass is 16.5. The van der Waals surface area contributed by atoms with Gasteiger partial charge in [-0.15, -0.1) is 0 Å². The van der Waals surface area contributed by atoms with Gasteiger partial charge in [0.15, 0.2) is 17.3 Å². The maximum absolute atomic E-state index is 6.87. The third-order valence-electron chi connectivity index (χ3n) is 9.49. The van der Waals surface area contributed by atoms with Gasteiger partial charge in [0, 0.05) is 39.4 Å². The van der Waals surface area contributed by atoms with Crippen LogP contribution in [0.25, 0.3) is 61.4 Å². The summed E-state index contributed by atoms with van der Waals surface area (Å²) in [5.74, 6) is 2.54. The summed E-state index contributed by atoms with van der Waals surface area (Å²) >= 11 is 0. The van der Waals surface area contributed by atoms with Gasteiger partial charge in [-0.2, -0.15) is 0 Å². The molecule has 48 heavy (non-hydrogen) atoms. The topological polar surface area (TPSA) is 39.9 Å². The van der Waals surface area contributed by atoms with Crippen LogP contribution in [0.3, 0.4) is 0 Å². The van der Waals surface area contributed by atoms with Crippen LogP contribution in [0.15, 0.2) is 133 Å². The smallest absolute Gasteiger partial charge is 0.160 e. The molecule has 0 bridgehead atoms. The summed E-state index contributed by atoms with van der Waals surface area (Å²) in [4.78, 5) is 10.2. The molecule has 0 saturated carbocycles. The summed E-state index contributed by atoms with van der Waals surface area (Å²) in [6.45, 7) is 6.49. The Hall–Kier alpha value is -6.00. The Morgan fingerprint density at radius 1 is 0.583 bits per heavy atom. The van der Waals surface area contributed by atoms with Gasteiger partial charge in [-0.3, -0.25) is 0 Å². The van der Waals surface area contributed by atoms with E-state index in [0.717, 1.165) is 57.2 Å². The Bertz CT molecular complexity index is 2470. The molecule has 0 atom stereocenters. The first kappa shape index (κ1) is 28.2. The molecule has 3 heterocycles. The maximum atomic E-state index is 6.87. The fraction of sp³-hybridized carbons (Fsp3) is 0.0909. The Kier molecular flexibility index (Phi) is 6.51. The lowest BCUT2D eigenvalue weighted by atomic mass is 9.95. The molecule has 9 rings (SSSR count). The zero-order chi connectivity index (χ0) is 32.4. The predicted molar refractivity (Wildman–Crippen MR) is 196 cm³/mol. The first-order valence-electron chi connectivity index (χ1n) is 16.5. The maximum Gasteiger partial charge on any atom is 0.160 e. The second-order valence-electron chi connectivity index (χ2n) is 12.9. The molecule has 4 nitrogen and oxygen atoms in total. The van der Waals surface area contributed by atoms with Crippen molar-refractivity contribution < 1.29 is 4.74 Å². The molecule has 0 saturated heterocycles. The molecule has 0 N–H and O–H groups in total. The van der Waals surface area contributed by atoms with Crippen LogP contribution >= 0.6 is 0 Å². The van der Waals surface area contributed by atoms with E-state index in [-0.39, 0.29) is 0 Å². The number of aromatic nitrogens is 3. The van der Waals surface area contributed by atoms with E-state index in [1.807, 2.05) is 36.4 Å². The van der Waals surface area contributed by atoms with Crippen molar-refractivity contribution in [2.24, 2.45) is 0 Å². The van der Waals surface area contributed by atoms with Gasteiger partial charge in [0.25, 0.3) is 0 Å². The van der Waals surface area contributed by atoms with Crippen LogP contribution < -0.4 is 4.74 Å². The average molecular weight is 620 g/mol. The highest BCUT2D eigenvalue weighted by molar-refractivity contribution is 6.13. The predicted octanol–water partition coefficient (Wildman–Crippen LogP) is 11.2. The minimum Gasteiger partial charge on any atom is -0.453 e. The quantitative estimate of drug-likeness (QED) is 0.192. The molecule has 2 aromatic heterocycles. The lowest BCUT2D eigenvalue weighted by molar-refractivity contribution is 0.470. The Balaban J connectivity index is 1.19. The zero-order valence-corrected chi connectivity index (χ0v) is 27.2. The van der Waals surface area contributed by atoms with Gasteiger partial charge in [-0.05, 0) is 79.9 Å².